The van der Waals surface area contributed by atoms with E-state index in [0.29, 0.717) is 18.8 Å². The van der Waals surface area contributed by atoms with Crippen LogP contribution in [0.1, 0.15) is 5.56 Å². The van der Waals surface area contributed by atoms with Crippen molar-refractivity contribution in [1.29, 1.82) is 5.26 Å². The van der Waals surface area contributed by atoms with Crippen LogP contribution in [0.15, 0.2) is 29.2 Å². The predicted molar refractivity (Wildman–Crippen MR) is 93.1 cm³/mol. The summed E-state index contributed by atoms with van der Waals surface area (Å²) in [7, 11) is -4.05. The molecule has 8 nitrogen and oxygen atoms in total. The van der Waals surface area contributed by atoms with Gasteiger partial charge in [-0.3, -0.25) is 0 Å². The minimum absolute atomic E-state index is 0.367. The van der Waals surface area contributed by atoms with Gasteiger partial charge < -0.3 is 19.8 Å². The maximum atomic E-state index is 12.1. The molecule has 0 radical (unpaired) electrons. The SMILES string of the molecule is N#CC(=Cc1ccc(N2CCOCC2)cc1)S(=O)(=O)NCC(O)CO. The number of sulfonamides is 1. The molecule has 1 atom stereocenters. The Morgan fingerprint density at radius 3 is 2.56 bits per heavy atom. The molecule has 1 fully saturated rings. The maximum Gasteiger partial charge on any atom is 0.250 e. The molecule has 1 unspecified atom stereocenters. The summed E-state index contributed by atoms with van der Waals surface area (Å²) >= 11 is 0. The van der Waals surface area contributed by atoms with Gasteiger partial charge in [0.1, 0.15) is 6.07 Å². The van der Waals surface area contributed by atoms with Crippen LogP contribution in [0.25, 0.3) is 6.08 Å². The Bertz CT molecular complexity index is 734. The molecule has 0 aliphatic carbocycles. The second-order valence-electron chi connectivity index (χ2n) is 5.50. The number of allylic oxidation sites excluding steroid dienone is 1. The van der Waals surface area contributed by atoms with Crippen LogP contribution in [0, 0.1) is 11.3 Å². The zero-order chi connectivity index (χ0) is 18.3. The molecule has 1 aliphatic rings. The third-order valence-corrected chi connectivity index (χ3v) is 5.02. The highest BCUT2D eigenvalue weighted by molar-refractivity contribution is 7.93. The van der Waals surface area contributed by atoms with Crippen LogP contribution >= 0.6 is 0 Å². The summed E-state index contributed by atoms with van der Waals surface area (Å²) in [5.41, 5.74) is 1.58. The number of morpholine rings is 1. The highest BCUT2D eigenvalue weighted by Gasteiger charge is 2.19. The number of nitrogens with one attached hydrogen (secondary N) is 1. The third kappa shape index (κ3) is 5.52. The van der Waals surface area contributed by atoms with Crippen molar-refractivity contribution in [1.82, 2.24) is 4.72 Å². The minimum Gasteiger partial charge on any atom is -0.394 e. The van der Waals surface area contributed by atoms with E-state index in [1.807, 2.05) is 12.1 Å². The van der Waals surface area contributed by atoms with Gasteiger partial charge in [0.05, 0.1) is 25.9 Å². The molecule has 1 aliphatic heterocycles. The Morgan fingerprint density at radius 1 is 1.36 bits per heavy atom. The van der Waals surface area contributed by atoms with E-state index >= 15 is 0 Å². The van der Waals surface area contributed by atoms with Gasteiger partial charge in [0.2, 0.25) is 0 Å². The number of hydrogen-bond donors (Lipinski definition) is 3. The maximum absolute atomic E-state index is 12.1. The fourth-order valence-corrected chi connectivity index (χ4v) is 3.25. The number of nitriles is 1. The lowest BCUT2D eigenvalue weighted by atomic mass is 10.2. The Balaban J connectivity index is 2.12. The number of rotatable bonds is 7. The molecule has 25 heavy (non-hydrogen) atoms. The monoisotopic (exact) mass is 367 g/mol. The molecule has 1 heterocycles. The van der Waals surface area contributed by atoms with E-state index in [2.05, 4.69) is 9.62 Å². The lowest BCUT2D eigenvalue weighted by molar-refractivity contribution is 0.0989. The molecular weight excluding hydrogens is 346 g/mol. The van der Waals surface area contributed by atoms with Gasteiger partial charge in [-0.25, -0.2) is 13.1 Å². The quantitative estimate of drug-likeness (QED) is 0.563. The summed E-state index contributed by atoms with van der Waals surface area (Å²) in [4.78, 5) is 1.70. The van der Waals surface area contributed by atoms with Gasteiger partial charge in [-0.15, -0.1) is 0 Å². The molecule has 0 bridgehead atoms. The van der Waals surface area contributed by atoms with Crippen LogP contribution in [0.4, 0.5) is 5.69 Å². The fraction of sp³-hybridized carbons (Fsp3) is 0.438. The molecule has 0 aromatic heterocycles. The molecule has 1 saturated heterocycles. The largest absolute Gasteiger partial charge is 0.394 e. The Hall–Kier alpha value is -1.96. The number of benzene rings is 1. The molecule has 0 amide bonds. The fourth-order valence-electron chi connectivity index (χ4n) is 2.27. The first kappa shape index (κ1) is 19.4. The van der Waals surface area contributed by atoms with Gasteiger partial charge in [0.25, 0.3) is 10.0 Å². The normalized spacial score (nSPS) is 17.2. The Kier molecular flexibility index (Phi) is 6.92. The Morgan fingerprint density at radius 2 is 2.00 bits per heavy atom. The zero-order valence-corrected chi connectivity index (χ0v) is 14.4. The number of hydrogen-bond acceptors (Lipinski definition) is 7. The molecular formula is C16H21N3O5S. The van der Waals surface area contributed by atoms with E-state index in [0.717, 1.165) is 18.8 Å². The summed E-state index contributed by atoms with van der Waals surface area (Å²) in [6.07, 6.45) is 0.0408. The van der Waals surface area contributed by atoms with E-state index in [4.69, 9.17) is 15.1 Å². The topological polar surface area (TPSA) is 123 Å². The van der Waals surface area contributed by atoms with Crippen molar-refractivity contribution in [3.8, 4) is 6.07 Å². The second-order valence-corrected chi connectivity index (χ2v) is 7.24. The van der Waals surface area contributed by atoms with E-state index in [-0.39, 0.29) is 6.54 Å². The minimum atomic E-state index is -4.05. The molecule has 0 saturated carbocycles. The van der Waals surface area contributed by atoms with Gasteiger partial charge in [-0.05, 0) is 23.8 Å². The van der Waals surface area contributed by atoms with Gasteiger partial charge >= 0.3 is 0 Å². The summed E-state index contributed by atoms with van der Waals surface area (Å²) in [5, 5.41) is 27.1. The average Bonchev–Trinajstić information content (AvgIpc) is 2.65. The molecule has 0 spiro atoms. The van der Waals surface area contributed by atoms with Gasteiger partial charge in [0.15, 0.2) is 4.91 Å². The van der Waals surface area contributed by atoms with Crippen molar-refractivity contribution in [2.75, 3.05) is 44.4 Å². The second kappa shape index (κ2) is 8.94. The van der Waals surface area contributed by atoms with Crippen molar-refractivity contribution in [3.05, 3.63) is 34.7 Å². The molecule has 2 rings (SSSR count). The van der Waals surface area contributed by atoms with Gasteiger partial charge in [-0.1, -0.05) is 12.1 Å². The number of ether oxygens (including phenoxy) is 1. The molecule has 9 heteroatoms. The number of nitrogens with zero attached hydrogens (tertiary/aromatic N) is 2. The van der Waals surface area contributed by atoms with Crippen molar-refractivity contribution >= 4 is 21.8 Å². The first-order valence-electron chi connectivity index (χ1n) is 7.79. The smallest absolute Gasteiger partial charge is 0.250 e. The van der Waals surface area contributed by atoms with Gasteiger partial charge in [0, 0.05) is 25.3 Å². The van der Waals surface area contributed by atoms with Crippen LogP contribution in [0.3, 0.4) is 0 Å². The van der Waals surface area contributed by atoms with E-state index < -0.39 is 27.6 Å². The summed E-state index contributed by atoms with van der Waals surface area (Å²) < 4.78 is 31.6. The number of anilines is 1. The van der Waals surface area contributed by atoms with E-state index in [1.54, 1.807) is 18.2 Å². The van der Waals surface area contributed by atoms with Crippen LogP contribution in [0.5, 0.6) is 0 Å². The molecule has 1 aromatic carbocycles. The van der Waals surface area contributed by atoms with Crippen molar-refractivity contribution in [3.63, 3.8) is 0 Å². The summed E-state index contributed by atoms with van der Waals surface area (Å²) in [6.45, 7) is 1.99. The van der Waals surface area contributed by atoms with Crippen molar-refractivity contribution in [2.45, 2.75) is 6.10 Å². The van der Waals surface area contributed by atoms with E-state index in [1.165, 1.54) is 6.08 Å². The number of aliphatic hydroxyl groups excluding tert-OH is 2. The van der Waals surface area contributed by atoms with Crippen LogP contribution in [-0.2, 0) is 14.8 Å². The molecule has 1 aromatic rings. The summed E-state index contributed by atoms with van der Waals surface area (Å²) in [6, 6.07) is 8.85. The lowest BCUT2D eigenvalue weighted by Gasteiger charge is -2.28. The summed E-state index contributed by atoms with van der Waals surface area (Å²) in [5.74, 6) is 0. The average molecular weight is 367 g/mol. The van der Waals surface area contributed by atoms with Crippen molar-refractivity contribution in [2.24, 2.45) is 0 Å². The first-order chi connectivity index (χ1) is 12.0. The Labute approximate surface area is 147 Å². The zero-order valence-electron chi connectivity index (χ0n) is 13.6. The van der Waals surface area contributed by atoms with Gasteiger partial charge in [-0.2, -0.15) is 5.26 Å². The van der Waals surface area contributed by atoms with E-state index in [9.17, 15) is 13.5 Å². The predicted octanol–water partition coefficient (Wildman–Crippen LogP) is -0.340. The highest BCUT2D eigenvalue weighted by Crippen LogP contribution is 2.19. The van der Waals surface area contributed by atoms with Crippen molar-refractivity contribution < 1.29 is 23.4 Å². The first-order valence-corrected chi connectivity index (χ1v) is 9.27. The van der Waals surface area contributed by atoms with Crippen LogP contribution in [-0.4, -0.2) is 64.2 Å². The highest BCUT2D eigenvalue weighted by atomic mass is 32.2. The third-order valence-electron chi connectivity index (χ3n) is 3.69. The molecule has 136 valence electrons. The molecule has 3 N–H and O–H groups in total. The lowest BCUT2D eigenvalue weighted by Crippen LogP contribution is -2.36. The van der Waals surface area contributed by atoms with Crippen LogP contribution < -0.4 is 9.62 Å². The standard InChI is InChI=1S/C16H21N3O5S/c17-10-16(25(22,23)18-11-15(21)12-20)9-13-1-3-14(4-2-13)19-5-7-24-8-6-19/h1-4,9,15,18,20-21H,5-8,11-12H2. The van der Waals surface area contributed by atoms with Crippen LogP contribution in [0.2, 0.25) is 0 Å². The number of aliphatic hydroxyl groups is 2.